The number of benzene rings is 9. The second-order valence-electron chi connectivity index (χ2n) is 15.0. The lowest BCUT2D eigenvalue weighted by molar-refractivity contribution is 0.660. The van der Waals surface area contributed by atoms with Gasteiger partial charge in [-0.05, 0) is 75.1 Å². The van der Waals surface area contributed by atoms with E-state index < -0.39 is 0 Å². The number of amidine groups is 2. The Hall–Kier alpha value is -7.76. The maximum absolute atomic E-state index is 7.11. The van der Waals surface area contributed by atoms with E-state index in [1.54, 1.807) is 0 Å². The molecule has 11 aromatic rings. The van der Waals surface area contributed by atoms with Crippen molar-refractivity contribution in [1.29, 1.82) is 0 Å². The molecule has 58 heavy (non-hydrogen) atoms. The summed E-state index contributed by atoms with van der Waals surface area (Å²) in [5, 5.41) is 13.1. The van der Waals surface area contributed by atoms with E-state index >= 15 is 0 Å². The third-order valence-corrected chi connectivity index (χ3v) is 11.6. The van der Waals surface area contributed by atoms with E-state index in [1.807, 2.05) is 36.4 Å². The van der Waals surface area contributed by atoms with E-state index in [2.05, 4.69) is 168 Å². The van der Waals surface area contributed by atoms with Gasteiger partial charge in [0.2, 0.25) is 0 Å². The molecule has 0 amide bonds. The van der Waals surface area contributed by atoms with Crippen LogP contribution in [0.15, 0.2) is 209 Å². The van der Waals surface area contributed by atoms with Crippen molar-refractivity contribution in [3.8, 4) is 16.8 Å². The van der Waals surface area contributed by atoms with Crippen LogP contribution >= 0.6 is 0 Å². The topological polar surface area (TPSA) is 54.8 Å². The molecule has 0 radical (unpaired) electrons. The molecule has 0 aliphatic carbocycles. The van der Waals surface area contributed by atoms with Crippen LogP contribution in [0.5, 0.6) is 0 Å². The molecule has 9 aromatic carbocycles. The molecule has 1 atom stereocenters. The van der Waals surface area contributed by atoms with Crippen LogP contribution in [-0.2, 0) is 0 Å². The summed E-state index contributed by atoms with van der Waals surface area (Å²) < 4.78 is 9.49. The molecule has 5 nitrogen and oxygen atoms in total. The maximum Gasteiger partial charge on any atom is 0.159 e. The number of furan rings is 1. The molecule has 0 spiro atoms. The van der Waals surface area contributed by atoms with Crippen molar-refractivity contribution in [1.82, 2.24) is 9.88 Å². The molecule has 3 heterocycles. The fraction of sp³-hybridized carbons (Fsp3) is 0.0189. The number of nitrogens with one attached hydrogen (secondary N) is 1. The summed E-state index contributed by atoms with van der Waals surface area (Å²) in [6, 6.07) is 68.6. The molecule has 1 unspecified atom stereocenters. The Kier molecular flexibility index (Phi) is 7.23. The Bertz CT molecular complexity index is 3470. The number of aliphatic imine (C=N–C) groups is 2. The molecule has 5 heteroatoms. The van der Waals surface area contributed by atoms with Gasteiger partial charge in [0, 0.05) is 38.4 Å². The Morgan fingerprint density at radius 1 is 0.466 bits per heavy atom. The molecule has 0 bridgehead atoms. The van der Waals surface area contributed by atoms with Crippen molar-refractivity contribution >= 4 is 77.0 Å². The zero-order chi connectivity index (χ0) is 38.2. The van der Waals surface area contributed by atoms with Crippen molar-refractivity contribution in [2.24, 2.45) is 9.98 Å². The number of hydrogen-bond donors (Lipinski definition) is 1. The Labute approximate surface area is 333 Å². The smallest absolute Gasteiger partial charge is 0.159 e. The van der Waals surface area contributed by atoms with Crippen LogP contribution in [0.3, 0.4) is 0 Å². The second kappa shape index (κ2) is 12.9. The van der Waals surface area contributed by atoms with Crippen LogP contribution < -0.4 is 5.32 Å². The van der Waals surface area contributed by atoms with Gasteiger partial charge >= 0.3 is 0 Å². The second-order valence-corrected chi connectivity index (χ2v) is 15.0. The normalized spacial score (nSPS) is 14.4. The predicted octanol–water partition coefficient (Wildman–Crippen LogP) is 13.2. The molecule has 0 saturated carbocycles. The number of fused-ring (bicyclic) bond motifs is 9. The van der Waals surface area contributed by atoms with Crippen LogP contribution in [0.4, 0.5) is 0 Å². The first-order chi connectivity index (χ1) is 28.7. The van der Waals surface area contributed by atoms with Gasteiger partial charge in [0.15, 0.2) is 5.84 Å². The number of rotatable bonds is 5. The minimum absolute atomic E-state index is 0.313. The largest absolute Gasteiger partial charge is 0.455 e. The van der Waals surface area contributed by atoms with Crippen molar-refractivity contribution in [2.45, 2.75) is 6.17 Å². The number of nitrogens with zero attached hydrogens (tertiary/aromatic N) is 3. The Balaban J connectivity index is 1.03. The summed E-state index contributed by atoms with van der Waals surface area (Å²) in [5.74, 6) is 1.40. The van der Waals surface area contributed by atoms with Gasteiger partial charge < -0.3 is 14.3 Å². The molecule has 1 aliphatic heterocycles. The van der Waals surface area contributed by atoms with Gasteiger partial charge in [-0.3, -0.25) is 0 Å². The Morgan fingerprint density at radius 3 is 1.95 bits per heavy atom. The highest BCUT2D eigenvalue weighted by atomic mass is 16.3. The predicted molar refractivity (Wildman–Crippen MR) is 240 cm³/mol. The maximum atomic E-state index is 7.11. The van der Waals surface area contributed by atoms with E-state index in [0.29, 0.717) is 5.84 Å². The van der Waals surface area contributed by atoms with Gasteiger partial charge in [0.25, 0.3) is 0 Å². The standard InChI is InChI=1S/C53H34N4O/c1-3-14-34(15-4-1)51-54-52(35-16-5-2-6-17-35)56-53(55-51)43-24-13-23-42-48-40-21-10-9-20-38(40)31-44(50(48)58-49(42)43)33-26-28-39(29-27-33)57-46-25-12-11-22-41(46)45-30-36-18-7-8-19-37(36)32-47(45)57/h1-32,51H,(H,54,55,56). The zero-order valence-corrected chi connectivity index (χ0v) is 31.3. The van der Waals surface area contributed by atoms with E-state index in [4.69, 9.17) is 14.4 Å². The average Bonchev–Trinajstić information content (AvgIpc) is 3.85. The van der Waals surface area contributed by atoms with E-state index in [-0.39, 0.29) is 6.17 Å². The summed E-state index contributed by atoms with van der Waals surface area (Å²) in [6.07, 6.45) is -0.313. The summed E-state index contributed by atoms with van der Waals surface area (Å²) in [7, 11) is 0. The summed E-state index contributed by atoms with van der Waals surface area (Å²) in [6.45, 7) is 0. The lowest BCUT2D eigenvalue weighted by Gasteiger charge is -2.23. The third kappa shape index (κ3) is 5.10. The SMILES string of the molecule is c1ccc(C2=NC(c3ccccc3)NC(c3cccc4c3oc3c(-c5ccc(-n6c7ccccc7c7cc8ccccc8cc76)cc5)cc5ccccc5c34)=N2)cc1. The first-order valence-electron chi connectivity index (χ1n) is 19.7. The molecular formula is C53H34N4O. The van der Waals surface area contributed by atoms with Crippen LogP contribution in [0.2, 0.25) is 0 Å². The molecule has 1 N–H and O–H groups in total. The lowest BCUT2D eigenvalue weighted by atomic mass is 9.96. The summed E-state index contributed by atoms with van der Waals surface area (Å²) in [4.78, 5) is 10.2. The van der Waals surface area contributed by atoms with Crippen molar-refractivity contribution in [2.75, 3.05) is 0 Å². The monoisotopic (exact) mass is 742 g/mol. The fourth-order valence-corrected chi connectivity index (χ4v) is 8.88. The number of aromatic nitrogens is 1. The van der Waals surface area contributed by atoms with Crippen LogP contribution in [0.25, 0.3) is 82.1 Å². The average molecular weight is 743 g/mol. The number of hydrogen-bond acceptors (Lipinski definition) is 4. The minimum Gasteiger partial charge on any atom is -0.455 e. The molecule has 2 aromatic heterocycles. The van der Waals surface area contributed by atoms with E-state index in [9.17, 15) is 0 Å². The minimum atomic E-state index is -0.313. The highest BCUT2D eigenvalue weighted by molar-refractivity contribution is 6.26. The zero-order valence-electron chi connectivity index (χ0n) is 31.3. The lowest BCUT2D eigenvalue weighted by Crippen LogP contribution is -2.33. The van der Waals surface area contributed by atoms with Gasteiger partial charge in [-0.25, -0.2) is 9.98 Å². The summed E-state index contributed by atoms with van der Waals surface area (Å²) in [5.41, 5.74) is 10.2. The van der Waals surface area contributed by atoms with E-state index in [0.717, 1.165) is 72.1 Å². The van der Waals surface area contributed by atoms with Crippen LogP contribution in [0.1, 0.15) is 22.9 Å². The van der Waals surface area contributed by atoms with Crippen molar-refractivity contribution < 1.29 is 4.42 Å². The Morgan fingerprint density at radius 2 is 1.14 bits per heavy atom. The van der Waals surface area contributed by atoms with Gasteiger partial charge in [-0.2, -0.15) is 0 Å². The fourth-order valence-electron chi connectivity index (χ4n) is 8.88. The molecule has 0 fully saturated rings. The van der Waals surface area contributed by atoms with Gasteiger partial charge in [-0.1, -0.05) is 152 Å². The molecule has 0 saturated heterocycles. The molecule has 12 rings (SSSR count). The van der Waals surface area contributed by atoms with Crippen molar-refractivity contribution in [3.63, 3.8) is 0 Å². The summed E-state index contributed by atoms with van der Waals surface area (Å²) >= 11 is 0. The highest BCUT2D eigenvalue weighted by Gasteiger charge is 2.25. The third-order valence-electron chi connectivity index (χ3n) is 11.6. The molecular weight excluding hydrogens is 709 g/mol. The first kappa shape index (κ1) is 32.5. The molecule has 272 valence electrons. The van der Waals surface area contributed by atoms with E-state index in [1.165, 1.54) is 32.6 Å². The molecule has 1 aliphatic rings. The highest BCUT2D eigenvalue weighted by Crippen LogP contribution is 2.43. The quantitative estimate of drug-likeness (QED) is 0.191. The van der Waals surface area contributed by atoms with Gasteiger partial charge in [0.1, 0.15) is 23.2 Å². The van der Waals surface area contributed by atoms with Crippen LogP contribution in [-0.4, -0.2) is 16.2 Å². The van der Waals surface area contributed by atoms with Crippen LogP contribution in [0, 0.1) is 0 Å². The van der Waals surface area contributed by atoms with Gasteiger partial charge in [-0.15, -0.1) is 0 Å². The van der Waals surface area contributed by atoms with Crippen molar-refractivity contribution in [3.05, 3.63) is 211 Å². The number of para-hydroxylation sites is 2. The van der Waals surface area contributed by atoms with Gasteiger partial charge in [0.05, 0.1) is 16.6 Å². The first-order valence-corrected chi connectivity index (χ1v) is 19.7.